The van der Waals surface area contributed by atoms with Crippen molar-refractivity contribution in [2.24, 2.45) is 10.9 Å². The van der Waals surface area contributed by atoms with Crippen molar-refractivity contribution in [3.8, 4) is 0 Å². The van der Waals surface area contributed by atoms with Crippen molar-refractivity contribution in [2.45, 2.75) is 45.6 Å². The molecule has 0 radical (unpaired) electrons. The first-order valence-corrected chi connectivity index (χ1v) is 11.4. The lowest BCUT2D eigenvalue weighted by molar-refractivity contribution is 0.134. The van der Waals surface area contributed by atoms with E-state index in [-0.39, 0.29) is 24.0 Å². The fourth-order valence-electron chi connectivity index (χ4n) is 3.96. The molecule has 1 fully saturated rings. The Morgan fingerprint density at radius 1 is 1.23 bits per heavy atom. The summed E-state index contributed by atoms with van der Waals surface area (Å²) in [6.45, 7) is 9.84. The fourth-order valence-corrected chi connectivity index (χ4v) is 3.96. The lowest BCUT2D eigenvalue weighted by Crippen LogP contribution is -2.49. The van der Waals surface area contributed by atoms with Crippen LogP contribution in [0.1, 0.15) is 44.7 Å². The molecule has 1 aliphatic rings. The number of hydrogen-bond donors (Lipinski definition) is 1. The van der Waals surface area contributed by atoms with Crippen molar-refractivity contribution in [1.82, 2.24) is 19.8 Å². The summed E-state index contributed by atoms with van der Waals surface area (Å²) >= 11 is 0. The number of likely N-dealkylation sites (tertiary alicyclic amines) is 1. The first kappa shape index (κ1) is 25.6. The average molecular weight is 540 g/mol. The molecule has 7 heteroatoms. The molecule has 2 atom stereocenters. The number of guanidine groups is 1. The van der Waals surface area contributed by atoms with E-state index in [0.717, 1.165) is 64.6 Å². The fraction of sp³-hybridized carbons (Fsp3) is 0.583. The van der Waals surface area contributed by atoms with Gasteiger partial charge < -0.3 is 19.5 Å². The highest BCUT2D eigenvalue weighted by atomic mass is 127. The SMILES string of the molecule is CCNC(=NCCCCOCCc1ccccc1)N1CCC(C)C(n2ccnc2)C1.I. The Bertz CT molecular complexity index is 738. The quantitative estimate of drug-likeness (QED) is 0.211. The van der Waals surface area contributed by atoms with Crippen LogP contribution in [0, 0.1) is 5.92 Å². The maximum Gasteiger partial charge on any atom is 0.193 e. The summed E-state index contributed by atoms with van der Waals surface area (Å²) in [5.74, 6) is 1.69. The van der Waals surface area contributed by atoms with Crippen molar-refractivity contribution >= 4 is 29.9 Å². The van der Waals surface area contributed by atoms with Crippen LogP contribution < -0.4 is 5.32 Å². The molecule has 2 heterocycles. The third-order valence-corrected chi connectivity index (χ3v) is 5.80. The smallest absolute Gasteiger partial charge is 0.193 e. The second-order valence-corrected chi connectivity index (χ2v) is 8.08. The molecule has 2 unspecified atom stereocenters. The topological polar surface area (TPSA) is 54.7 Å². The number of hydrogen-bond acceptors (Lipinski definition) is 3. The Balaban J connectivity index is 0.00000341. The van der Waals surface area contributed by atoms with Gasteiger partial charge in [-0.1, -0.05) is 37.3 Å². The zero-order chi connectivity index (χ0) is 21.0. The number of imidazole rings is 1. The highest BCUT2D eigenvalue weighted by Crippen LogP contribution is 2.27. The van der Waals surface area contributed by atoms with Crippen LogP contribution in [0.4, 0.5) is 0 Å². The third-order valence-electron chi connectivity index (χ3n) is 5.80. The first-order chi connectivity index (χ1) is 14.8. The monoisotopic (exact) mass is 539 g/mol. The van der Waals surface area contributed by atoms with Crippen LogP contribution in [-0.4, -0.2) is 59.8 Å². The number of halogens is 1. The van der Waals surface area contributed by atoms with Gasteiger partial charge in [-0.25, -0.2) is 4.98 Å². The zero-order valence-corrected chi connectivity index (χ0v) is 21.3. The minimum Gasteiger partial charge on any atom is -0.381 e. The van der Waals surface area contributed by atoms with E-state index < -0.39 is 0 Å². The summed E-state index contributed by atoms with van der Waals surface area (Å²) < 4.78 is 8.04. The van der Waals surface area contributed by atoms with E-state index in [2.05, 4.69) is 70.1 Å². The second kappa shape index (κ2) is 14.5. The second-order valence-electron chi connectivity index (χ2n) is 8.08. The number of rotatable bonds is 10. The Morgan fingerprint density at radius 3 is 2.81 bits per heavy atom. The predicted molar refractivity (Wildman–Crippen MR) is 138 cm³/mol. The maximum absolute atomic E-state index is 5.79. The molecule has 0 amide bonds. The number of aliphatic imine (C=N–C) groups is 1. The Morgan fingerprint density at radius 2 is 2.06 bits per heavy atom. The summed E-state index contributed by atoms with van der Waals surface area (Å²) in [5.41, 5.74) is 1.34. The molecule has 1 N–H and O–H groups in total. The molecular formula is C24H38IN5O. The number of unbranched alkanes of at least 4 members (excludes halogenated alkanes) is 1. The van der Waals surface area contributed by atoms with Crippen LogP contribution in [0.25, 0.3) is 0 Å². The molecule has 0 spiro atoms. The normalized spacial score (nSPS) is 19.2. The lowest BCUT2D eigenvalue weighted by atomic mass is 9.93. The van der Waals surface area contributed by atoms with Gasteiger partial charge in [0.25, 0.3) is 0 Å². The number of nitrogens with zero attached hydrogens (tertiary/aromatic N) is 4. The standard InChI is InChI=1S/C24H37N5O.HI/c1-3-26-24(28-15-11-21(2)23(19-28)29-16-14-25-20-29)27-13-7-8-17-30-18-12-22-9-5-4-6-10-22;/h4-6,9-10,14,16,20-21,23H,3,7-8,11-13,15,17-19H2,1-2H3,(H,26,27);1H. The number of aromatic nitrogens is 2. The van der Waals surface area contributed by atoms with Crippen molar-refractivity contribution in [1.29, 1.82) is 0 Å². The molecule has 2 aromatic rings. The van der Waals surface area contributed by atoms with Crippen LogP contribution in [0.3, 0.4) is 0 Å². The van der Waals surface area contributed by atoms with E-state index in [1.165, 1.54) is 12.0 Å². The molecule has 0 bridgehead atoms. The molecule has 3 rings (SSSR count). The minimum atomic E-state index is 0. The van der Waals surface area contributed by atoms with E-state index in [0.29, 0.717) is 12.0 Å². The van der Waals surface area contributed by atoms with Crippen molar-refractivity contribution < 1.29 is 4.74 Å². The van der Waals surface area contributed by atoms with E-state index >= 15 is 0 Å². The highest BCUT2D eigenvalue weighted by molar-refractivity contribution is 14.0. The molecule has 6 nitrogen and oxygen atoms in total. The van der Waals surface area contributed by atoms with Crippen molar-refractivity contribution in [3.05, 3.63) is 54.6 Å². The molecule has 172 valence electrons. The average Bonchev–Trinajstić information content (AvgIpc) is 3.31. The Labute approximate surface area is 204 Å². The highest BCUT2D eigenvalue weighted by Gasteiger charge is 2.28. The van der Waals surface area contributed by atoms with Gasteiger partial charge in [-0.2, -0.15) is 0 Å². The molecule has 1 aliphatic heterocycles. The van der Waals surface area contributed by atoms with Gasteiger partial charge in [0.2, 0.25) is 0 Å². The van der Waals surface area contributed by atoms with E-state index in [4.69, 9.17) is 9.73 Å². The summed E-state index contributed by atoms with van der Waals surface area (Å²) in [6.07, 6.45) is 10.1. The molecule has 1 saturated heterocycles. The molecule has 0 saturated carbocycles. The van der Waals surface area contributed by atoms with E-state index in [1.54, 1.807) is 0 Å². The molecular weight excluding hydrogens is 501 g/mol. The number of nitrogens with one attached hydrogen (secondary N) is 1. The van der Waals surface area contributed by atoms with Crippen LogP contribution in [0.15, 0.2) is 54.0 Å². The van der Waals surface area contributed by atoms with Gasteiger partial charge in [0.15, 0.2) is 5.96 Å². The predicted octanol–water partition coefficient (Wildman–Crippen LogP) is 4.39. The van der Waals surface area contributed by atoms with Gasteiger partial charge in [-0.3, -0.25) is 4.99 Å². The maximum atomic E-state index is 5.79. The van der Waals surface area contributed by atoms with Gasteiger partial charge in [-0.05, 0) is 44.1 Å². The van der Waals surface area contributed by atoms with E-state index in [1.807, 2.05) is 12.5 Å². The van der Waals surface area contributed by atoms with Gasteiger partial charge in [0.05, 0.1) is 19.0 Å². The molecule has 0 aliphatic carbocycles. The number of piperidine rings is 1. The zero-order valence-electron chi connectivity index (χ0n) is 18.9. The largest absolute Gasteiger partial charge is 0.381 e. The van der Waals surface area contributed by atoms with Crippen LogP contribution in [-0.2, 0) is 11.2 Å². The van der Waals surface area contributed by atoms with Crippen LogP contribution >= 0.6 is 24.0 Å². The van der Waals surface area contributed by atoms with E-state index in [9.17, 15) is 0 Å². The summed E-state index contributed by atoms with van der Waals surface area (Å²) in [5, 5.41) is 3.48. The summed E-state index contributed by atoms with van der Waals surface area (Å²) in [7, 11) is 0. The molecule has 31 heavy (non-hydrogen) atoms. The number of ether oxygens (including phenoxy) is 1. The van der Waals surface area contributed by atoms with Gasteiger partial charge >= 0.3 is 0 Å². The Hall–Kier alpha value is -1.61. The van der Waals surface area contributed by atoms with Gasteiger partial charge in [-0.15, -0.1) is 24.0 Å². The Kier molecular flexibility index (Phi) is 12.0. The lowest BCUT2D eigenvalue weighted by Gasteiger charge is -2.39. The summed E-state index contributed by atoms with van der Waals surface area (Å²) in [6, 6.07) is 11.0. The van der Waals surface area contributed by atoms with Crippen molar-refractivity contribution in [2.75, 3.05) is 39.4 Å². The van der Waals surface area contributed by atoms with Crippen molar-refractivity contribution in [3.63, 3.8) is 0 Å². The minimum absolute atomic E-state index is 0. The molecule has 1 aromatic carbocycles. The van der Waals surface area contributed by atoms with Gasteiger partial charge in [0, 0.05) is 45.2 Å². The van der Waals surface area contributed by atoms with Crippen LogP contribution in [0.2, 0.25) is 0 Å². The molecule has 1 aromatic heterocycles. The summed E-state index contributed by atoms with van der Waals surface area (Å²) in [4.78, 5) is 11.5. The first-order valence-electron chi connectivity index (χ1n) is 11.4. The van der Waals surface area contributed by atoms with Crippen LogP contribution in [0.5, 0.6) is 0 Å². The van der Waals surface area contributed by atoms with Gasteiger partial charge in [0.1, 0.15) is 0 Å². The third kappa shape index (κ3) is 8.44. The number of benzene rings is 1.